The van der Waals surface area contributed by atoms with E-state index in [1.165, 1.54) is 16.7 Å². The van der Waals surface area contributed by atoms with E-state index in [1.807, 2.05) is 12.3 Å². The molecule has 2 aliphatic rings. The van der Waals surface area contributed by atoms with Gasteiger partial charge in [0.15, 0.2) is 6.21 Å². The first-order chi connectivity index (χ1) is 13.7. The standard InChI is InChI=1S/C18H17N3O.C2HF3O2/c1-11-2-4-12(5-3-11)9-20-15-8-14-16-13(6-7-19-14)10-21-17(16)18(15)22;3-2(4,5)1(6)7/h2-5,8,10,20,22H,6-7,9H2,1H3;(H,6,7). The Morgan fingerprint density at radius 2 is 1.97 bits per heavy atom. The minimum absolute atomic E-state index is 0.272. The molecule has 0 unspecified atom stereocenters. The zero-order chi connectivity index (χ0) is 21.2. The number of phenolic OH excluding ortho intramolecular Hbond substituents is 1. The largest absolute Gasteiger partial charge is 0.542 e. The number of alkyl halides is 3. The zero-order valence-corrected chi connectivity index (χ0v) is 15.4. The summed E-state index contributed by atoms with van der Waals surface area (Å²) in [5, 5.41) is 24.6. The van der Waals surface area contributed by atoms with E-state index >= 15 is 0 Å². The number of nitrogens with one attached hydrogen (secondary N) is 2. The predicted molar refractivity (Wildman–Crippen MR) is 98.0 cm³/mol. The number of carboxylic acid groups (broad SMARTS) is 1. The summed E-state index contributed by atoms with van der Waals surface area (Å²) in [6, 6.07) is 10.3. The lowest BCUT2D eigenvalue weighted by molar-refractivity contribution is -0.345. The Balaban J connectivity index is 0.000000298. The number of halogens is 3. The fraction of sp³-hybridized carbons (Fsp3) is 0.250. The third-order valence-electron chi connectivity index (χ3n) is 4.49. The summed E-state index contributed by atoms with van der Waals surface area (Å²) in [6.07, 6.45) is -2.28. The number of benzene rings is 2. The SMILES string of the molecule is Cc1ccc(CNc2cc3c4c(c2O)[NH+]=CC=4CCN=3)cc1.O=C([O-])C(F)(F)F. The predicted octanol–water partition coefficient (Wildman–Crippen LogP) is -0.418. The summed E-state index contributed by atoms with van der Waals surface area (Å²) in [5.41, 5.74) is 5.17. The lowest BCUT2D eigenvalue weighted by Gasteiger charge is -2.10. The van der Waals surface area contributed by atoms with Gasteiger partial charge in [-0.2, -0.15) is 13.2 Å². The van der Waals surface area contributed by atoms with E-state index in [0.717, 1.165) is 34.9 Å². The molecule has 2 aromatic rings. The molecule has 0 saturated heterocycles. The molecule has 0 spiro atoms. The van der Waals surface area contributed by atoms with Crippen LogP contribution in [0.25, 0.3) is 5.57 Å². The fourth-order valence-electron chi connectivity index (χ4n) is 3.01. The van der Waals surface area contributed by atoms with Gasteiger partial charge in [-0.15, -0.1) is 0 Å². The molecule has 0 radical (unpaired) electrons. The number of nitrogens with zero attached hydrogens (tertiary/aromatic N) is 1. The van der Waals surface area contributed by atoms with E-state index in [4.69, 9.17) is 9.90 Å². The molecule has 9 heteroatoms. The maximum atomic E-state index is 10.5. The number of carbonyl (C=O) groups is 1. The molecule has 29 heavy (non-hydrogen) atoms. The van der Waals surface area contributed by atoms with Gasteiger partial charge in [-0.3, -0.25) is 4.99 Å². The Labute approximate surface area is 163 Å². The van der Waals surface area contributed by atoms with E-state index in [2.05, 4.69) is 46.5 Å². The smallest absolute Gasteiger partial charge is 0.430 e. The highest BCUT2D eigenvalue weighted by Crippen LogP contribution is 2.26. The molecule has 0 aromatic heterocycles. The van der Waals surface area contributed by atoms with E-state index in [0.29, 0.717) is 6.54 Å². The molecule has 152 valence electrons. The Kier molecular flexibility index (Phi) is 5.58. The summed E-state index contributed by atoms with van der Waals surface area (Å²) in [6.45, 7) is 3.56. The minimum atomic E-state index is -5.19. The van der Waals surface area contributed by atoms with Crippen LogP contribution in [0.2, 0.25) is 0 Å². The van der Waals surface area contributed by atoms with Crippen LogP contribution in [0, 0.1) is 6.92 Å². The number of rotatable bonds is 3. The molecule has 6 nitrogen and oxygen atoms in total. The summed E-state index contributed by atoms with van der Waals surface area (Å²) < 4.78 is 31.5. The number of anilines is 1. The van der Waals surface area contributed by atoms with Crippen LogP contribution < -0.4 is 26.0 Å². The van der Waals surface area contributed by atoms with Gasteiger partial charge < -0.3 is 20.3 Å². The van der Waals surface area contributed by atoms with Crippen molar-refractivity contribution in [2.45, 2.75) is 26.1 Å². The second-order valence-electron chi connectivity index (χ2n) is 6.61. The van der Waals surface area contributed by atoms with Gasteiger partial charge in [-0.25, -0.2) is 4.99 Å². The number of hydrogen-bond acceptors (Lipinski definition) is 5. The molecule has 0 aliphatic carbocycles. The van der Waals surface area contributed by atoms with Crippen molar-refractivity contribution < 1.29 is 33.2 Å². The number of aryl methyl sites for hydroxylation is 1. The number of carboxylic acids is 1. The van der Waals surface area contributed by atoms with Gasteiger partial charge >= 0.3 is 6.18 Å². The second kappa shape index (κ2) is 7.94. The summed E-state index contributed by atoms with van der Waals surface area (Å²) in [7, 11) is 0. The van der Waals surface area contributed by atoms with Crippen molar-refractivity contribution in [2.24, 2.45) is 4.99 Å². The minimum Gasteiger partial charge on any atom is -0.542 e. The van der Waals surface area contributed by atoms with Crippen LogP contribution in [0.15, 0.2) is 35.3 Å². The van der Waals surface area contributed by atoms with Gasteiger partial charge in [0.1, 0.15) is 5.97 Å². The Morgan fingerprint density at radius 3 is 2.59 bits per heavy atom. The third-order valence-corrected chi connectivity index (χ3v) is 4.49. The van der Waals surface area contributed by atoms with Gasteiger partial charge in [0.25, 0.3) is 5.69 Å². The molecule has 0 amide bonds. The summed E-state index contributed by atoms with van der Waals surface area (Å²) >= 11 is 0. The fourth-order valence-corrected chi connectivity index (χ4v) is 3.01. The first-order valence-corrected chi connectivity index (χ1v) is 8.78. The Bertz CT molecular complexity index is 1090. The number of aromatic hydroxyl groups is 1. The van der Waals surface area contributed by atoms with Crippen LogP contribution in [-0.4, -0.2) is 30.0 Å². The molecular formula is C20H18F3N3O3. The highest BCUT2D eigenvalue weighted by molar-refractivity contribution is 6.02. The van der Waals surface area contributed by atoms with Crippen molar-refractivity contribution in [3.05, 3.63) is 52.0 Å². The molecule has 2 heterocycles. The first-order valence-electron chi connectivity index (χ1n) is 8.78. The van der Waals surface area contributed by atoms with Crippen molar-refractivity contribution in [3.63, 3.8) is 0 Å². The van der Waals surface area contributed by atoms with Crippen LogP contribution in [-0.2, 0) is 11.3 Å². The quantitative estimate of drug-likeness (QED) is 0.605. The van der Waals surface area contributed by atoms with Crippen molar-refractivity contribution in [3.8, 4) is 5.75 Å². The van der Waals surface area contributed by atoms with E-state index in [-0.39, 0.29) is 5.75 Å². The van der Waals surface area contributed by atoms with Crippen molar-refractivity contribution in [1.29, 1.82) is 0 Å². The van der Waals surface area contributed by atoms with E-state index < -0.39 is 12.1 Å². The van der Waals surface area contributed by atoms with Crippen LogP contribution in [0.4, 0.5) is 24.5 Å². The first kappa shape index (κ1) is 20.4. The normalized spacial score (nSPS) is 13.9. The van der Waals surface area contributed by atoms with Crippen LogP contribution in [0.1, 0.15) is 17.5 Å². The molecule has 2 aromatic carbocycles. The van der Waals surface area contributed by atoms with Crippen LogP contribution in [0.5, 0.6) is 5.75 Å². The molecular weight excluding hydrogens is 387 g/mol. The van der Waals surface area contributed by atoms with E-state index in [9.17, 15) is 18.3 Å². The molecule has 0 saturated carbocycles. The number of carbonyl (C=O) groups excluding carboxylic acids is 1. The molecule has 0 atom stereocenters. The molecule has 4 rings (SSSR count). The third kappa shape index (κ3) is 4.56. The highest BCUT2D eigenvalue weighted by atomic mass is 19.4. The van der Waals surface area contributed by atoms with Crippen molar-refractivity contribution in [1.82, 2.24) is 0 Å². The average Bonchev–Trinajstić information content (AvgIpc) is 3.10. The Hall–Kier alpha value is -3.36. The highest BCUT2D eigenvalue weighted by Gasteiger charge is 2.28. The molecule has 3 N–H and O–H groups in total. The van der Waals surface area contributed by atoms with Gasteiger partial charge in [-0.05, 0) is 25.0 Å². The molecule has 0 fully saturated rings. The maximum absolute atomic E-state index is 10.5. The molecule has 0 bridgehead atoms. The Morgan fingerprint density at radius 1 is 1.31 bits per heavy atom. The van der Waals surface area contributed by atoms with Crippen LogP contribution >= 0.6 is 0 Å². The van der Waals surface area contributed by atoms with Gasteiger partial charge in [0, 0.05) is 18.7 Å². The summed E-state index contributed by atoms with van der Waals surface area (Å²) in [4.78, 5) is 16.5. The monoisotopic (exact) mass is 405 g/mol. The van der Waals surface area contributed by atoms with Gasteiger partial charge in [-0.1, -0.05) is 29.8 Å². The van der Waals surface area contributed by atoms with Crippen LogP contribution in [0.3, 0.4) is 0 Å². The number of hydrogen-bond donors (Lipinski definition) is 3. The van der Waals surface area contributed by atoms with Gasteiger partial charge in [0.05, 0.1) is 16.3 Å². The lowest BCUT2D eigenvalue weighted by Crippen LogP contribution is -2.61. The van der Waals surface area contributed by atoms with Crippen molar-refractivity contribution >= 4 is 29.1 Å². The van der Waals surface area contributed by atoms with E-state index in [1.54, 1.807) is 0 Å². The average molecular weight is 405 g/mol. The zero-order valence-electron chi connectivity index (χ0n) is 15.4. The topological polar surface area (TPSA) is 98.7 Å². The van der Waals surface area contributed by atoms with Crippen molar-refractivity contribution in [2.75, 3.05) is 11.9 Å². The number of phenols is 1. The second-order valence-corrected chi connectivity index (χ2v) is 6.61. The number of aliphatic carboxylic acids is 1. The lowest BCUT2D eigenvalue weighted by atomic mass is 10.1. The molecule has 2 aliphatic heterocycles. The summed E-state index contributed by atoms with van der Waals surface area (Å²) in [5.74, 6) is -2.73. The van der Waals surface area contributed by atoms with Gasteiger partial charge in [0.2, 0.25) is 5.75 Å². The maximum Gasteiger partial charge on any atom is 0.430 e.